The quantitative estimate of drug-likeness (QED) is 0.633. The summed E-state index contributed by atoms with van der Waals surface area (Å²) in [5.41, 5.74) is 2.77. The molecule has 0 fully saturated rings. The van der Waals surface area contributed by atoms with Crippen LogP contribution in [-0.2, 0) is 0 Å². The minimum atomic E-state index is -0.125. The van der Waals surface area contributed by atoms with Crippen molar-refractivity contribution in [3.05, 3.63) is 95.1 Å². The van der Waals surface area contributed by atoms with Gasteiger partial charge in [-0.2, -0.15) is 0 Å². The molecule has 23 heavy (non-hydrogen) atoms. The number of hydrogen-bond acceptors (Lipinski definition) is 3. The second kappa shape index (κ2) is 5.53. The van der Waals surface area contributed by atoms with Gasteiger partial charge >= 0.3 is 0 Å². The Morgan fingerprint density at radius 1 is 1.04 bits per heavy atom. The van der Waals surface area contributed by atoms with Crippen molar-refractivity contribution in [2.45, 2.75) is 6.04 Å². The predicted molar refractivity (Wildman–Crippen MR) is 88.3 cm³/mol. The van der Waals surface area contributed by atoms with Crippen molar-refractivity contribution in [2.75, 3.05) is 0 Å². The normalized spacial score (nSPS) is 12.3. The fourth-order valence-electron chi connectivity index (χ4n) is 2.85. The van der Waals surface area contributed by atoms with Gasteiger partial charge in [-0.3, -0.25) is 4.79 Å². The van der Waals surface area contributed by atoms with Gasteiger partial charge in [0.2, 0.25) is 0 Å². The smallest absolute Gasteiger partial charge is 0.258 e. The van der Waals surface area contributed by atoms with Crippen LogP contribution in [0, 0.1) is 0 Å². The fourth-order valence-corrected chi connectivity index (χ4v) is 2.85. The van der Waals surface area contributed by atoms with Gasteiger partial charge < -0.3 is 9.55 Å². The molecule has 0 saturated heterocycles. The van der Waals surface area contributed by atoms with E-state index in [1.54, 1.807) is 12.5 Å². The van der Waals surface area contributed by atoms with Gasteiger partial charge in [-0.1, -0.05) is 36.4 Å². The highest BCUT2D eigenvalue weighted by Gasteiger charge is 2.16. The van der Waals surface area contributed by atoms with Gasteiger partial charge in [0.15, 0.2) is 0 Å². The number of H-pyrrole nitrogens is 1. The van der Waals surface area contributed by atoms with Gasteiger partial charge in [0.05, 0.1) is 29.6 Å². The first-order valence-electron chi connectivity index (χ1n) is 7.33. The molecule has 1 N–H and O–H groups in total. The monoisotopic (exact) mass is 302 g/mol. The molecule has 112 valence electrons. The summed E-state index contributed by atoms with van der Waals surface area (Å²) in [5.74, 6) is 0. The van der Waals surface area contributed by atoms with Crippen LogP contribution >= 0.6 is 0 Å². The highest BCUT2D eigenvalue weighted by atomic mass is 16.1. The molecule has 4 aromatic rings. The molecular weight excluding hydrogens is 288 g/mol. The second-order valence-electron chi connectivity index (χ2n) is 5.33. The lowest BCUT2D eigenvalue weighted by Gasteiger charge is -2.20. The lowest BCUT2D eigenvalue weighted by atomic mass is 9.97. The first-order chi connectivity index (χ1) is 11.3. The number of rotatable bonds is 3. The molecule has 1 atom stereocenters. The van der Waals surface area contributed by atoms with Crippen LogP contribution in [0.15, 0.2) is 78.4 Å². The molecule has 0 aliphatic carbocycles. The molecule has 0 bridgehead atoms. The first kappa shape index (κ1) is 13.5. The zero-order valence-corrected chi connectivity index (χ0v) is 12.3. The number of nitrogens with zero attached hydrogens (tertiary/aromatic N) is 3. The molecule has 0 amide bonds. The number of imidazole rings is 1. The summed E-state index contributed by atoms with van der Waals surface area (Å²) >= 11 is 0. The largest absolute Gasteiger partial charge is 0.326 e. The molecule has 0 aliphatic heterocycles. The van der Waals surface area contributed by atoms with Gasteiger partial charge in [-0.25, -0.2) is 9.97 Å². The SMILES string of the molecule is O=c1[nH]cnc2cc(C(c3ccccc3)n3ccnc3)ccc12. The molecule has 5 nitrogen and oxygen atoms in total. The summed E-state index contributed by atoms with van der Waals surface area (Å²) in [6.07, 6.45) is 6.93. The predicted octanol–water partition coefficient (Wildman–Crippen LogP) is 2.76. The lowest BCUT2D eigenvalue weighted by molar-refractivity contribution is 0.677. The zero-order chi connectivity index (χ0) is 15.6. The average Bonchev–Trinajstić information content (AvgIpc) is 3.10. The van der Waals surface area contributed by atoms with E-state index < -0.39 is 0 Å². The van der Waals surface area contributed by atoms with Crippen molar-refractivity contribution >= 4 is 10.9 Å². The van der Waals surface area contributed by atoms with Crippen LogP contribution in [-0.4, -0.2) is 19.5 Å². The third-order valence-corrected chi connectivity index (χ3v) is 3.92. The Balaban J connectivity index is 1.92. The van der Waals surface area contributed by atoms with Crippen LogP contribution in [0.4, 0.5) is 0 Å². The van der Waals surface area contributed by atoms with E-state index in [9.17, 15) is 4.79 Å². The average molecular weight is 302 g/mol. The zero-order valence-electron chi connectivity index (χ0n) is 12.3. The van der Waals surface area contributed by atoms with Crippen molar-refractivity contribution in [1.82, 2.24) is 19.5 Å². The maximum absolute atomic E-state index is 11.8. The van der Waals surface area contributed by atoms with E-state index in [1.807, 2.05) is 47.2 Å². The summed E-state index contributed by atoms with van der Waals surface area (Å²) in [6, 6.07) is 15.9. The van der Waals surface area contributed by atoms with E-state index in [-0.39, 0.29) is 11.6 Å². The number of aromatic amines is 1. The Kier molecular flexibility index (Phi) is 3.24. The molecule has 0 spiro atoms. The van der Waals surface area contributed by atoms with Crippen molar-refractivity contribution in [3.63, 3.8) is 0 Å². The number of benzene rings is 2. The summed E-state index contributed by atoms with van der Waals surface area (Å²) in [6.45, 7) is 0. The molecule has 2 aromatic heterocycles. The van der Waals surface area contributed by atoms with Gasteiger partial charge in [-0.15, -0.1) is 0 Å². The van der Waals surface area contributed by atoms with Crippen LogP contribution in [0.2, 0.25) is 0 Å². The van der Waals surface area contributed by atoms with Crippen molar-refractivity contribution in [3.8, 4) is 0 Å². The maximum atomic E-state index is 11.8. The Morgan fingerprint density at radius 2 is 1.91 bits per heavy atom. The van der Waals surface area contributed by atoms with Crippen molar-refractivity contribution < 1.29 is 0 Å². The summed E-state index contributed by atoms with van der Waals surface area (Å²) in [7, 11) is 0. The summed E-state index contributed by atoms with van der Waals surface area (Å²) < 4.78 is 2.05. The van der Waals surface area contributed by atoms with E-state index in [2.05, 4.69) is 27.1 Å². The van der Waals surface area contributed by atoms with E-state index >= 15 is 0 Å². The van der Waals surface area contributed by atoms with E-state index in [0.717, 1.165) is 11.1 Å². The van der Waals surface area contributed by atoms with E-state index in [4.69, 9.17) is 0 Å². The Labute approximate surface area is 132 Å². The van der Waals surface area contributed by atoms with E-state index in [1.165, 1.54) is 6.33 Å². The minimum absolute atomic E-state index is 0.0100. The van der Waals surface area contributed by atoms with E-state index in [0.29, 0.717) is 10.9 Å². The molecule has 4 rings (SSSR count). The standard InChI is InChI=1S/C18H14N4O/c23-18-15-7-6-14(10-16(15)20-11-21-18)17(22-9-8-19-12-22)13-4-2-1-3-5-13/h1-12,17H,(H,20,21,23). The highest BCUT2D eigenvalue weighted by molar-refractivity contribution is 5.78. The first-order valence-corrected chi connectivity index (χ1v) is 7.33. The molecule has 0 saturated carbocycles. The lowest BCUT2D eigenvalue weighted by Crippen LogP contribution is -2.12. The summed E-state index contributed by atoms with van der Waals surface area (Å²) in [5, 5.41) is 0.591. The van der Waals surface area contributed by atoms with Gasteiger partial charge in [0.25, 0.3) is 5.56 Å². The van der Waals surface area contributed by atoms with Crippen molar-refractivity contribution in [1.29, 1.82) is 0 Å². The van der Waals surface area contributed by atoms with Crippen LogP contribution in [0.5, 0.6) is 0 Å². The van der Waals surface area contributed by atoms with Crippen LogP contribution in [0.25, 0.3) is 10.9 Å². The van der Waals surface area contributed by atoms with Crippen LogP contribution in [0.1, 0.15) is 17.2 Å². The Bertz CT molecular complexity index is 990. The number of nitrogens with one attached hydrogen (secondary N) is 1. The second-order valence-corrected chi connectivity index (χ2v) is 5.33. The number of hydrogen-bond donors (Lipinski definition) is 1. The van der Waals surface area contributed by atoms with Crippen LogP contribution < -0.4 is 5.56 Å². The Morgan fingerprint density at radius 3 is 2.70 bits per heavy atom. The Hall–Kier alpha value is -3.21. The topological polar surface area (TPSA) is 63.6 Å². The number of fused-ring (bicyclic) bond motifs is 1. The molecular formula is C18H14N4O. The van der Waals surface area contributed by atoms with Crippen molar-refractivity contribution in [2.24, 2.45) is 0 Å². The molecule has 2 aromatic carbocycles. The van der Waals surface area contributed by atoms with Gasteiger partial charge in [0, 0.05) is 12.4 Å². The third-order valence-electron chi connectivity index (χ3n) is 3.92. The molecule has 2 heterocycles. The van der Waals surface area contributed by atoms with Gasteiger partial charge in [-0.05, 0) is 23.3 Å². The molecule has 5 heteroatoms. The molecule has 0 aliphatic rings. The highest BCUT2D eigenvalue weighted by Crippen LogP contribution is 2.27. The van der Waals surface area contributed by atoms with Gasteiger partial charge in [0.1, 0.15) is 0 Å². The number of aromatic nitrogens is 4. The fraction of sp³-hybridized carbons (Fsp3) is 0.0556. The molecule has 1 unspecified atom stereocenters. The molecule has 0 radical (unpaired) electrons. The van der Waals surface area contributed by atoms with Crippen LogP contribution in [0.3, 0.4) is 0 Å². The minimum Gasteiger partial charge on any atom is -0.326 e. The third kappa shape index (κ3) is 2.42. The summed E-state index contributed by atoms with van der Waals surface area (Å²) in [4.78, 5) is 22.9. The maximum Gasteiger partial charge on any atom is 0.258 e.